The van der Waals surface area contributed by atoms with E-state index in [0.717, 1.165) is 24.1 Å². The van der Waals surface area contributed by atoms with Gasteiger partial charge in [-0.1, -0.05) is 24.3 Å². The molecule has 3 nitrogen and oxygen atoms in total. The molecule has 2 aromatic carbocycles. The average Bonchev–Trinajstić information content (AvgIpc) is 2.46. The van der Waals surface area contributed by atoms with Gasteiger partial charge in [0.05, 0.1) is 5.69 Å². The fourth-order valence-electron chi connectivity index (χ4n) is 2.98. The second-order valence-electron chi connectivity index (χ2n) is 5.33. The average molecular weight is 285 g/mol. The van der Waals surface area contributed by atoms with Gasteiger partial charge >= 0.3 is 5.97 Å². The number of anilines is 2. The van der Waals surface area contributed by atoms with E-state index in [-0.39, 0.29) is 11.6 Å². The van der Waals surface area contributed by atoms with Crippen LogP contribution in [0.1, 0.15) is 29.3 Å². The Kier molecular flexibility index (Phi) is 3.37. The second-order valence-corrected chi connectivity index (χ2v) is 5.33. The van der Waals surface area contributed by atoms with E-state index in [1.54, 1.807) is 12.1 Å². The summed E-state index contributed by atoms with van der Waals surface area (Å²) in [6, 6.07) is 12.4. The van der Waals surface area contributed by atoms with Crippen LogP contribution in [0, 0.1) is 5.82 Å². The van der Waals surface area contributed by atoms with Crippen molar-refractivity contribution in [2.45, 2.75) is 25.8 Å². The van der Waals surface area contributed by atoms with Crippen molar-refractivity contribution in [1.29, 1.82) is 0 Å². The van der Waals surface area contributed by atoms with Gasteiger partial charge in [-0.25, -0.2) is 9.18 Å². The number of aryl methyl sites for hydroxylation is 1. The summed E-state index contributed by atoms with van der Waals surface area (Å²) in [5, 5.41) is 9.34. The van der Waals surface area contributed by atoms with E-state index in [4.69, 9.17) is 0 Å². The Bertz CT molecular complexity index is 699. The number of para-hydroxylation sites is 1. The summed E-state index contributed by atoms with van der Waals surface area (Å²) in [6.45, 7) is 2.03. The molecule has 0 aromatic heterocycles. The van der Waals surface area contributed by atoms with Gasteiger partial charge in [0.15, 0.2) is 0 Å². The number of aromatic carboxylic acids is 1. The highest BCUT2D eigenvalue weighted by Gasteiger charge is 2.28. The second kappa shape index (κ2) is 5.20. The zero-order chi connectivity index (χ0) is 15.0. The lowest BCUT2D eigenvalue weighted by Gasteiger charge is -2.37. The largest absolute Gasteiger partial charge is 0.478 e. The normalized spacial score (nSPS) is 17.4. The van der Waals surface area contributed by atoms with Crippen LogP contribution in [-0.2, 0) is 6.42 Å². The standard InChI is InChI=1S/C17H16FNO2/c1-11-9-10-12-5-2-3-7-14(12)19(11)15-8-4-6-13(18)16(15)17(20)21/h2-8,11H,9-10H2,1H3,(H,20,21). The monoisotopic (exact) mass is 285 g/mol. The lowest BCUT2D eigenvalue weighted by Crippen LogP contribution is -2.34. The molecule has 1 N–H and O–H groups in total. The van der Waals surface area contributed by atoms with Crippen LogP contribution in [0.25, 0.3) is 0 Å². The van der Waals surface area contributed by atoms with Crippen LogP contribution < -0.4 is 4.90 Å². The molecule has 0 saturated heterocycles. The first-order chi connectivity index (χ1) is 10.1. The van der Waals surface area contributed by atoms with Crippen LogP contribution in [-0.4, -0.2) is 17.1 Å². The minimum absolute atomic E-state index is 0.125. The summed E-state index contributed by atoms with van der Waals surface area (Å²) in [5.41, 5.74) is 2.28. The van der Waals surface area contributed by atoms with Gasteiger partial charge in [0.1, 0.15) is 11.4 Å². The zero-order valence-electron chi connectivity index (χ0n) is 11.7. The van der Waals surface area contributed by atoms with Crippen molar-refractivity contribution < 1.29 is 14.3 Å². The van der Waals surface area contributed by atoms with Gasteiger partial charge in [-0.3, -0.25) is 0 Å². The molecule has 108 valence electrons. The number of fused-ring (bicyclic) bond motifs is 1. The molecule has 2 aromatic rings. The number of hydrogen-bond acceptors (Lipinski definition) is 2. The molecule has 1 atom stereocenters. The minimum atomic E-state index is -1.24. The van der Waals surface area contributed by atoms with Crippen LogP contribution in [0.4, 0.5) is 15.8 Å². The number of rotatable bonds is 2. The first-order valence-corrected chi connectivity index (χ1v) is 6.98. The molecule has 1 heterocycles. The van der Waals surface area contributed by atoms with Crippen molar-refractivity contribution in [2.24, 2.45) is 0 Å². The van der Waals surface area contributed by atoms with Crippen LogP contribution in [0.15, 0.2) is 42.5 Å². The number of carboxylic acids is 1. The lowest BCUT2D eigenvalue weighted by molar-refractivity contribution is 0.0692. The lowest BCUT2D eigenvalue weighted by atomic mass is 9.95. The highest BCUT2D eigenvalue weighted by atomic mass is 19.1. The third-order valence-corrected chi connectivity index (χ3v) is 3.99. The van der Waals surface area contributed by atoms with Crippen LogP contribution in [0.5, 0.6) is 0 Å². The van der Waals surface area contributed by atoms with E-state index in [1.807, 2.05) is 36.1 Å². The fraction of sp³-hybridized carbons (Fsp3) is 0.235. The maximum Gasteiger partial charge on any atom is 0.340 e. The van der Waals surface area contributed by atoms with Gasteiger partial charge in [0.2, 0.25) is 0 Å². The van der Waals surface area contributed by atoms with Gasteiger partial charge in [-0.05, 0) is 43.5 Å². The maximum atomic E-state index is 14.0. The molecule has 1 aliphatic rings. The van der Waals surface area contributed by atoms with E-state index < -0.39 is 11.8 Å². The molecule has 0 bridgehead atoms. The van der Waals surface area contributed by atoms with Crippen molar-refractivity contribution in [3.05, 3.63) is 59.4 Å². The Labute approximate surface area is 122 Å². The molecule has 0 aliphatic carbocycles. The molecular weight excluding hydrogens is 269 g/mol. The quantitative estimate of drug-likeness (QED) is 0.906. The summed E-state index contributed by atoms with van der Waals surface area (Å²) in [7, 11) is 0. The number of hydrogen-bond donors (Lipinski definition) is 1. The third kappa shape index (κ3) is 2.27. The van der Waals surface area contributed by atoms with E-state index in [0.29, 0.717) is 5.69 Å². The molecule has 0 spiro atoms. The SMILES string of the molecule is CC1CCc2ccccc2N1c1cccc(F)c1C(=O)O. The van der Waals surface area contributed by atoms with E-state index in [2.05, 4.69) is 0 Å². The highest BCUT2D eigenvalue weighted by Crippen LogP contribution is 2.38. The van der Waals surface area contributed by atoms with E-state index in [9.17, 15) is 14.3 Å². The topological polar surface area (TPSA) is 40.5 Å². The Balaban J connectivity index is 2.21. The van der Waals surface area contributed by atoms with Gasteiger partial charge in [-0.2, -0.15) is 0 Å². The smallest absolute Gasteiger partial charge is 0.340 e. The zero-order valence-corrected chi connectivity index (χ0v) is 11.7. The van der Waals surface area contributed by atoms with Crippen molar-refractivity contribution in [2.75, 3.05) is 4.90 Å². The van der Waals surface area contributed by atoms with E-state index >= 15 is 0 Å². The number of halogens is 1. The predicted octanol–water partition coefficient (Wildman–Crippen LogP) is 4.00. The number of carboxylic acid groups (broad SMARTS) is 1. The molecular formula is C17H16FNO2. The van der Waals surface area contributed by atoms with Gasteiger partial charge in [0, 0.05) is 11.7 Å². The van der Waals surface area contributed by atoms with E-state index in [1.165, 1.54) is 6.07 Å². The molecule has 4 heteroatoms. The van der Waals surface area contributed by atoms with Crippen molar-refractivity contribution in [3.8, 4) is 0 Å². The molecule has 0 radical (unpaired) electrons. The minimum Gasteiger partial charge on any atom is -0.478 e. The van der Waals surface area contributed by atoms with Crippen LogP contribution >= 0.6 is 0 Å². The summed E-state index contributed by atoms with van der Waals surface area (Å²) in [6.07, 6.45) is 1.86. The summed E-state index contributed by atoms with van der Waals surface area (Å²) in [5.74, 6) is -1.94. The summed E-state index contributed by atoms with van der Waals surface area (Å²) in [4.78, 5) is 13.4. The Morgan fingerprint density at radius 2 is 1.90 bits per heavy atom. The summed E-state index contributed by atoms with van der Waals surface area (Å²) < 4.78 is 14.0. The molecule has 1 aliphatic heterocycles. The number of nitrogens with zero attached hydrogens (tertiary/aromatic N) is 1. The van der Waals surface area contributed by atoms with Gasteiger partial charge in [0.25, 0.3) is 0 Å². The first kappa shape index (κ1) is 13.6. The molecule has 0 saturated carbocycles. The van der Waals surface area contributed by atoms with Crippen molar-refractivity contribution in [3.63, 3.8) is 0 Å². The molecule has 1 unspecified atom stereocenters. The predicted molar refractivity (Wildman–Crippen MR) is 79.7 cm³/mol. The third-order valence-electron chi connectivity index (χ3n) is 3.99. The Morgan fingerprint density at radius 1 is 1.19 bits per heavy atom. The first-order valence-electron chi connectivity index (χ1n) is 6.98. The van der Waals surface area contributed by atoms with Gasteiger partial charge in [-0.15, -0.1) is 0 Å². The molecule has 21 heavy (non-hydrogen) atoms. The maximum absolute atomic E-state index is 14.0. The van der Waals surface area contributed by atoms with Crippen LogP contribution in [0.3, 0.4) is 0 Å². The van der Waals surface area contributed by atoms with Crippen LogP contribution in [0.2, 0.25) is 0 Å². The number of benzene rings is 2. The molecule has 3 rings (SSSR count). The summed E-state index contributed by atoms with van der Waals surface area (Å²) >= 11 is 0. The molecule has 0 fully saturated rings. The molecule has 0 amide bonds. The Morgan fingerprint density at radius 3 is 2.67 bits per heavy atom. The van der Waals surface area contributed by atoms with Crippen molar-refractivity contribution in [1.82, 2.24) is 0 Å². The number of carbonyl (C=O) groups is 1. The Hall–Kier alpha value is -2.36. The fourth-order valence-corrected chi connectivity index (χ4v) is 2.98. The van der Waals surface area contributed by atoms with Gasteiger partial charge < -0.3 is 10.0 Å². The van der Waals surface area contributed by atoms with Crippen molar-refractivity contribution >= 4 is 17.3 Å². The highest BCUT2D eigenvalue weighted by molar-refractivity contribution is 5.96.